The van der Waals surface area contributed by atoms with Gasteiger partial charge in [0, 0.05) is 35.1 Å². The predicted molar refractivity (Wildman–Crippen MR) is 85.9 cm³/mol. The first kappa shape index (κ1) is 16.1. The summed E-state index contributed by atoms with van der Waals surface area (Å²) in [4.78, 5) is 11.8. The van der Waals surface area contributed by atoms with Gasteiger partial charge in [0.25, 0.3) is 5.56 Å². The van der Waals surface area contributed by atoms with Crippen molar-refractivity contribution in [1.82, 2.24) is 9.29 Å². The highest BCUT2D eigenvalue weighted by Crippen LogP contribution is 2.42. The molecule has 4 nitrogen and oxygen atoms in total. The third-order valence-corrected chi connectivity index (χ3v) is 5.42. The molecule has 6 heteroatoms. The number of pyridine rings is 1. The Morgan fingerprint density at radius 3 is 2.90 bits per heavy atom. The van der Waals surface area contributed by atoms with E-state index in [0.717, 1.165) is 35.7 Å². The maximum Gasteiger partial charge on any atom is 0.250 e. The Bertz CT molecular complexity index is 516. The van der Waals surface area contributed by atoms with E-state index in [-0.39, 0.29) is 11.6 Å². The quantitative estimate of drug-likeness (QED) is 0.760. The fourth-order valence-electron chi connectivity index (χ4n) is 2.17. The molecule has 1 aromatic heterocycles. The number of hydrogen-bond acceptors (Lipinski definition) is 3. The second-order valence-corrected chi connectivity index (χ2v) is 7.55. The molecule has 0 aromatic carbocycles. The van der Waals surface area contributed by atoms with E-state index >= 15 is 0 Å². The average molecular weight is 361 g/mol. The highest BCUT2D eigenvalue weighted by atomic mass is 79.9. The zero-order valence-electron chi connectivity index (χ0n) is 11.9. The first-order valence-electron chi connectivity index (χ1n) is 7.03. The first-order valence-corrected chi connectivity index (χ1v) is 9.14. The van der Waals surface area contributed by atoms with Crippen molar-refractivity contribution in [2.75, 3.05) is 5.75 Å². The Morgan fingerprint density at radius 2 is 2.30 bits per heavy atom. The minimum absolute atomic E-state index is 0.0102. The van der Waals surface area contributed by atoms with Crippen molar-refractivity contribution in [3.8, 4) is 0 Å². The van der Waals surface area contributed by atoms with E-state index in [1.807, 2.05) is 0 Å². The maximum atomic E-state index is 12.1. The van der Waals surface area contributed by atoms with Crippen molar-refractivity contribution >= 4 is 27.3 Å². The zero-order valence-corrected chi connectivity index (χ0v) is 14.3. The molecular weight excluding hydrogens is 340 g/mol. The number of hydrogen-bond donors (Lipinski definition) is 1. The molecular formula is C14H21BrN2O2S. The fourth-order valence-corrected chi connectivity index (χ4v) is 4.11. The molecule has 0 radical (unpaired) electrons. The van der Waals surface area contributed by atoms with E-state index in [4.69, 9.17) is 0 Å². The van der Waals surface area contributed by atoms with Gasteiger partial charge in [-0.1, -0.05) is 13.3 Å². The highest BCUT2D eigenvalue weighted by Gasteiger charge is 2.36. The summed E-state index contributed by atoms with van der Waals surface area (Å²) in [6, 6.07) is 1.66. The summed E-state index contributed by atoms with van der Waals surface area (Å²) < 4.78 is 17.7. The molecule has 0 aliphatic heterocycles. The molecule has 1 saturated carbocycles. The number of nitrogens with one attached hydrogen (secondary N) is 1. The van der Waals surface area contributed by atoms with Gasteiger partial charge in [-0.25, -0.2) is 0 Å². The van der Waals surface area contributed by atoms with E-state index in [1.54, 1.807) is 23.9 Å². The number of nitrogens with zero attached hydrogens (tertiary/aromatic N) is 1. The number of aryl methyl sites for hydroxylation is 1. The third-order valence-electron chi connectivity index (χ3n) is 3.58. The minimum atomic E-state index is -1.03. The van der Waals surface area contributed by atoms with Crippen LogP contribution >= 0.6 is 15.9 Å². The first-order chi connectivity index (χ1) is 9.52. The normalized spacial score (nSPS) is 18.0. The summed E-state index contributed by atoms with van der Waals surface area (Å²) in [6.45, 7) is 2.09. The van der Waals surface area contributed by atoms with Gasteiger partial charge in [-0.05, 0) is 46.7 Å². The Morgan fingerprint density at radius 1 is 1.60 bits per heavy atom. The Kier molecular flexibility index (Phi) is 5.72. The summed E-state index contributed by atoms with van der Waals surface area (Å²) in [6.07, 6.45) is 6.03. The molecule has 2 unspecified atom stereocenters. The lowest BCUT2D eigenvalue weighted by Crippen LogP contribution is -2.33. The van der Waals surface area contributed by atoms with Gasteiger partial charge in [0.2, 0.25) is 0 Å². The van der Waals surface area contributed by atoms with Crippen molar-refractivity contribution in [2.45, 2.75) is 38.6 Å². The Labute approximate surface area is 131 Å². The van der Waals surface area contributed by atoms with Gasteiger partial charge in [0.15, 0.2) is 0 Å². The van der Waals surface area contributed by atoms with E-state index in [2.05, 4.69) is 27.6 Å². The van der Waals surface area contributed by atoms with Crippen LogP contribution in [0.1, 0.15) is 44.2 Å². The minimum Gasteiger partial charge on any atom is -0.598 e. The molecule has 1 N–H and O–H groups in total. The Balaban J connectivity index is 2.16. The van der Waals surface area contributed by atoms with Gasteiger partial charge < -0.3 is 9.12 Å². The van der Waals surface area contributed by atoms with Gasteiger partial charge in [0.05, 0.1) is 6.04 Å². The molecule has 1 aliphatic carbocycles. The van der Waals surface area contributed by atoms with Gasteiger partial charge >= 0.3 is 0 Å². The molecule has 0 bridgehead atoms. The van der Waals surface area contributed by atoms with Gasteiger partial charge in [-0.3, -0.25) is 4.79 Å². The molecule has 2 rings (SSSR count). The molecule has 0 spiro atoms. The van der Waals surface area contributed by atoms with Crippen molar-refractivity contribution in [1.29, 1.82) is 0 Å². The van der Waals surface area contributed by atoms with E-state index < -0.39 is 11.4 Å². The maximum absolute atomic E-state index is 12.1. The predicted octanol–water partition coefficient (Wildman–Crippen LogP) is 2.65. The summed E-state index contributed by atoms with van der Waals surface area (Å²) in [5.74, 6) is 1.16. The van der Waals surface area contributed by atoms with Crippen LogP contribution in [0.5, 0.6) is 0 Å². The summed E-state index contributed by atoms with van der Waals surface area (Å²) >= 11 is 2.49. The highest BCUT2D eigenvalue weighted by molar-refractivity contribution is 9.10. The molecule has 1 aliphatic rings. The second kappa shape index (κ2) is 7.11. The number of aromatic nitrogens is 1. The van der Waals surface area contributed by atoms with Gasteiger partial charge in [-0.15, -0.1) is 4.72 Å². The van der Waals surface area contributed by atoms with Crippen LogP contribution in [0.2, 0.25) is 0 Å². The van der Waals surface area contributed by atoms with Crippen LogP contribution in [0.15, 0.2) is 21.5 Å². The number of halogens is 1. The van der Waals surface area contributed by atoms with Crippen LogP contribution in [0.4, 0.5) is 0 Å². The van der Waals surface area contributed by atoms with Gasteiger partial charge in [0.1, 0.15) is 5.75 Å². The molecule has 1 heterocycles. The van der Waals surface area contributed by atoms with E-state index in [9.17, 15) is 9.35 Å². The lowest BCUT2D eigenvalue weighted by molar-refractivity contribution is 0.524. The average Bonchev–Trinajstić information content (AvgIpc) is 3.22. The Hall–Kier alpha value is -0.300. The topological polar surface area (TPSA) is 57.1 Å². The van der Waals surface area contributed by atoms with E-state index in [0.29, 0.717) is 11.7 Å². The second-order valence-electron chi connectivity index (χ2n) is 5.36. The van der Waals surface area contributed by atoms with Crippen LogP contribution in [-0.2, 0) is 18.4 Å². The van der Waals surface area contributed by atoms with Gasteiger partial charge in [-0.2, -0.15) is 0 Å². The van der Waals surface area contributed by atoms with Crippen LogP contribution in [-0.4, -0.2) is 14.9 Å². The number of unbranched alkanes of at least 4 members (excludes halogenated alkanes) is 1. The van der Waals surface area contributed by atoms with Crippen LogP contribution in [0.25, 0.3) is 0 Å². The fraction of sp³-hybridized carbons (Fsp3) is 0.643. The standard InChI is InChI=1S/C14H21BrN2O2S/c1-3-4-7-20(19)16-14(10-5-6-10)11-8-13(18)17(2)9-12(11)15/h8-10,14,16H,3-7H2,1-2H3. The lowest BCUT2D eigenvalue weighted by atomic mass is 10.1. The molecule has 0 amide bonds. The summed E-state index contributed by atoms with van der Waals surface area (Å²) in [5.41, 5.74) is 0.899. The summed E-state index contributed by atoms with van der Waals surface area (Å²) in [7, 11) is 1.73. The molecule has 20 heavy (non-hydrogen) atoms. The van der Waals surface area contributed by atoms with Crippen LogP contribution in [0.3, 0.4) is 0 Å². The molecule has 112 valence electrons. The van der Waals surface area contributed by atoms with Crippen molar-refractivity contribution in [3.05, 3.63) is 32.7 Å². The molecule has 0 saturated heterocycles. The summed E-state index contributed by atoms with van der Waals surface area (Å²) in [5, 5.41) is 0. The molecule has 2 atom stereocenters. The SMILES string of the molecule is CCCC[S+]([O-])NC(c1cc(=O)n(C)cc1Br)C1CC1. The van der Waals surface area contributed by atoms with Crippen molar-refractivity contribution in [3.63, 3.8) is 0 Å². The van der Waals surface area contributed by atoms with Crippen LogP contribution < -0.4 is 10.3 Å². The van der Waals surface area contributed by atoms with Crippen molar-refractivity contribution in [2.24, 2.45) is 13.0 Å². The zero-order chi connectivity index (χ0) is 14.7. The molecule has 1 fully saturated rings. The monoisotopic (exact) mass is 360 g/mol. The van der Waals surface area contributed by atoms with E-state index in [1.165, 1.54) is 0 Å². The number of rotatable bonds is 7. The third kappa shape index (κ3) is 4.10. The molecule has 1 aromatic rings. The van der Waals surface area contributed by atoms with Crippen LogP contribution in [0, 0.1) is 5.92 Å². The lowest BCUT2D eigenvalue weighted by Gasteiger charge is -2.21. The van der Waals surface area contributed by atoms with Crippen molar-refractivity contribution < 1.29 is 4.55 Å². The smallest absolute Gasteiger partial charge is 0.250 e. The largest absolute Gasteiger partial charge is 0.598 e.